The highest BCUT2D eigenvalue weighted by atomic mass is 16.3. The smallest absolute Gasteiger partial charge is 0.134 e. The van der Waals surface area contributed by atoms with Gasteiger partial charge in [-0.25, -0.2) is 0 Å². The lowest BCUT2D eigenvalue weighted by Crippen LogP contribution is -1.95. The average Bonchev–Trinajstić information content (AvgIpc) is 2.99. The molecule has 0 saturated heterocycles. The summed E-state index contributed by atoms with van der Waals surface area (Å²) < 4.78 is 6.19. The fourth-order valence-corrected chi connectivity index (χ4v) is 3.25. The molecular formula is C23H20O. The van der Waals surface area contributed by atoms with E-state index in [0.717, 1.165) is 30.6 Å². The number of aryl methyl sites for hydroxylation is 2. The third kappa shape index (κ3) is 3.11. The van der Waals surface area contributed by atoms with Crippen molar-refractivity contribution >= 4 is 11.0 Å². The summed E-state index contributed by atoms with van der Waals surface area (Å²) in [6.07, 6.45) is 2.85. The van der Waals surface area contributed by atoms with Gasteiger partial charge in [0.05, 0.1) is 0 Å². The Kier molecular flexibility index (Phi) is 4.16. The van der Waals surface area contributed by atoms with Gasteiger partial charge in [-0.3, -0.25) is 0 Å². The molecule has 1 heterocycles. The van der Waals surface area contributed by atoms with Crippen LogP contribution in [-0.4, -0.2) is 0 Å². The van der Waals surface area contributed by atoms with Crippen LogP contribution >= 0.6 is 0 Å². The molecule has 4 aromatic rings. The summed E-state index contributed by atoms with van der Waals surface area (Å²) in [5.74, 6) is 1.11. The number of hydrogen-bond donors (Lipinski definition) is 0. The quantitative estimate of drug-likeness (QED) is 0.453. The molecule has 118 valence electrons. The molecule has 24 heavy (non-hydrogen) atoms. The van der Waals surface area contributed by atoms with E-state index in [0.29, 0.717) is 0 Å². The van der Waals surface area contributed by atoms with Gasteiger partial charge in [-0.2, -0.15) is 0 Å². The van der Waals surface area contributed by atoms with E-state index in [4.69, 9.17) is 4.42 Å². The van der Waals surface area contributed by atoms with Crippen molar-refractivity contribution in [2.24, 2.45) is 0 Å². The topological polar surface area (TPSA) is 13.1 Å². The first-order valence-electron chi connectivity index (χ1n) is 8.47. The first-order chi connectivity index (χ1) is 11.9. The van der Waals surface area contributed by atoms with Crippen LogP contribution in [0.1, 0.15) is 22.5 Å². The summed E-state index contributed by atoms with van der Waals surface area (Å²) in [6, 6.07) is 29.6. The Balaban J connectivity index is 1.67. The van der Waals surface area contributed by atoms with Crippen LogP contribution in [-0.2, 0) is 19.3 Å². The summed E-state index contributed by atoms with van der Waals surface area (Å²) in [7, 11) is 0. The van der Waals surface area contributed by atoms with E-state index < -0.39 is 0 Å². The van der Waals surface area contributed by atoms with Crippen LogP contribution in [0.2, 0.25) is 0 Å². The van der Waals surface area contributed by atoms with E-state index in [1.165, 1.54) is 22.1 Å². The molecule has 0 radical (unpaired) electrons. The molecule has 0 aliphatic carbocycles. The Hall–Kier alpha value is -2.80. The predicted octanol–water partition coefficient (Wildman–Crippen LogP) is 5.81. The second-order valence-electron chi connectivity index (χ2n) is 6.15. The van der Waals surface area contributed by atoms with E-state index in [1.54, 1.807) is 0 Å². The van der Waals surface area contributed by atoms with E-state index in [-0.39, 0.29) is 0 Å². The van der Waals surface area contributed by atoms with Crippen molar-refractivity contribution in [1.29, 1.82) is 0 Å². The summed E-state index contributed by atoms with van der Waals surface area (Å²) >= 11 is 0. The van der Waals surface area contributed by atoms with Crippen molar-refractivity contribution in [2.45, 2.75) is 19.3 Å². The molecule has 0 aliphatic rings. The summed E-state index contributed by atoms with van der Waals surface area (Å²) in [5, 5.41) is 1.24. The zero-order chi connectivity index (χ0) is 16.2. The van der Waals surface area contributed by atoms with Crippen molar-refractivity contribution in [3.63, 3.8) is 0 Å². The normalized spacial score (nSPS) is 11.0. The maximum Gasteiger partial charge on any atom is 0.134 e. The highest BCUT2D eigenvalue weighted by Crippen LogP contribution is 2.29. The Morgan fingerprint density at radius 3 is 1.96 bits per heavy atom. The van der Waals surface area contributed by atoms with Crippen LogP contribution in [0.3, 0.4) is 0 Å². The van der Waals surface area contributed by atoms with Crippen molar-refractivity contribution in [3.05, 3.63) is 107 Å². The monoisotopic (exact) mass is 312 g/mol. The SMILES string of the molecule is c1ccc(CCc2oc3ccccc3c2Cc2ccccc2)cc1. The van der Waals surface area contributed by atoms with Gasteiger partial charge in [-0.15, -0.1) is 0 Å². The molecule has 1 heteroatoms. The molecular weight excluding hydrogens is 292 g/mol. The second-order valence-corrected chi connectivity index (χ2v) is 6.15. The summed E-state index contributed by atoms with van der Waals surface area (Å²) in [4.78, 5) is 0. The third-order valence-corrected chi connectivity index (χ3v) is 4.49. The number of benzene rings is 3. The zero-order valence-electron chi connectivity index (χ0n) is 13.6. The lowest BCUT2D eigenvalue weighted by molar-refractivity contribution is 0.542. The molecule has 0 fully saturated rings. The van der Waals surface area contributed by atoms with Gasteiger partial charge in [-0.05, 0) is 23.6 Å². The first kappa shape index (κ1) is 14.8. The van der Waals surface area contributed by atoms with Gasteiger partial charge >= 0.3 is 0 Å². The van der Waals surface area contributed by atoms with Gasteiger partial charge in [0.2, 0.25) is 0 Å². The first-order valence-corrected chi connectivity index (χ1v) is 8.47. The standard InChI is InChI=1S/C23H20O/c1-3-9-18(10-4-1)15-16-23-21(17-19-11-5-2-6-12-19)20-13-7-8-14-22(20)24-23/h1-14H,15-17H2. The number of hydrogen-bond acceptors (Lipinski definition) is 1. The molecule has 0 atom stereocenters. The highest BCUT2D eigenvalue weighted by Gasteiger charge is 2.14. The number of para-hydroxylation sites is 1. The number of furan rings is 1. The van der Waals surface area contributed by atoms with E-state index in [2.05, 4.69) is 78.9 Å². The maximum atomic E-state index is 6.19. The zero-order valence-corrected chi connectivity index (χ0v) is 13.6. The molecule has 0 aliphatic heterocycles. The fraction of sp³-hybridized carbons (Fsp3) is 0.130. The Morgan fingerprint density at radius 1 is 0.583 bits per heavy atom. The van der Waals surface area contributed by atoms with Gasteiger partial charge in [0.1, 0.15) is 11.3 Å². The minimum atomic E-state index is 0.919. The van der Waals surface area contributed by atoms with Crippen molar-refractivity contribution < 1.29 is 4.42 Å². The number of fused-ring (bicyclic) bond motifs is 1. The maximum absolute atomic E-state index is 6.19. The summed E-state index contributed by atoms with van der Waals surface area (Å²) in [5.41, 5.74) is 4.99. The molecule has 0 saturated carbocycles. The molecule has 0 bridgehead atoms. The van der Waals surface area contributed by atoms with E-state index >= 15 is 0 Å². The molecule has 0 unspecified atom stereocenters. The highest BCUT2D eigenvalue weighted by molar-refractivity contribution is 5.82. The van der Waals surface area contributed by atoms with Crippen LogP contribution < -0.4 is 0 Å². The van der Waals surface area contributed by atoms with Crippen LogP contribution in [0, 0.1) is 0 Å². The molecule has 0 amide bonds. The van der Waals surface area contributed by atoms with Crippen LogP contribution in [0.25, 0.3) is 11.0 Å². The van der Waals surface area contributed by atoms with Crippen LogP contribution in [0.5, 0.6) is 0 Å². The predicted molar refractivity (Wildman–Crippen MR) is 99.3 cm³/mol. The van der Waals surface area contributed by atoms with Crippen molar-refractivity contribution in [1.82, 2.24) is 0 Å². The minimum absolute atomic E-state index is 0.919. The Labute approximate surface area is 142 Å². The van der Waals surface area contributed by atoms with Crippen LogP contribution in [0.4, 0.5) is 0 Å². The lowest BCUT2D eigenvalue weighted by atomic mass is 9.99. The largest absolute Gasteiger partial charge is 0.461 e. The molecule has 0 spiro atoms. The van der Waals surface area contributed by atoms with Gasteiger partial charge in [0.15, 0.2) is 0 Å². The minimum Gasteiger partial charge on any atom is -0.461 e. The van der Waals surface area contributed by atoms with Gasteiger partial charge < -0.3 is 4.42 Å². The summed E-state index contributed by atoms with van der Waals surface area (Å²) in [6.45, 7) is 0. The van der Waals surface area contributed by atoms with Gasteiger partial charge in [0, 0.05) is 23.8 Å². The second kappa shape index (κ2) is 6.76. The van der Waals surface area contributed by atoms with Gasteiger partial charge in [0.25, 0.3) is 0 Å². The molecule has 0 N–H and O–H groups in total. The van der Waals surface area contributed by atoms with Crippen molar-refractivity contribution in [3.8, 4) is 0 Å². The van der Waals surface area contributed by atoms with Gasteiger partial charge in [-0.1, -0.05) is 78.9 Å². The Bertz CT molecular complexity index is 920. The average molecular weight is 312 g/mol. The molecule has 1 aromatic heterocycles. The third-order valence-electron chi connectivity index (χ3n) is 4.49. The molecule has 4 rings (SSSR count). The fourth-order valence-electron chi connectivity index (χ4n) is 3.25. The molecule has 3 aromatic carbocycles. The van der Waals surface area contributed by atoms with Crippen LogP contribution in [0.15, 0.2) is 89.3 Å². The van der Waals surface area contributed by atoms with Crippen molar-refractivity contribution in [2.75, 3.05) is 0 Å². The lowest BCUT2D eigenvalue weighted by Gasteiger charge is -2.04. The Morgan fingerprint density at radius 2 is 1.21 bits per heavy atom. The number of rotatable bonds is 5. The molecule has 1 nitrogen and oxygen atoms in total. The van der Waals surface area contributed by atoms with E-state index in [9.17, 15) is 0 Å². The van der Waals surface area contributed by atoms with E-state index in [1.807, 2.05) is 6.07 Å².